The molecule has 61 heavy (non-hydrogen) atoms. The summed E-state index contributed by atoms with van der Waals surface area (Å²) < 4.78 is 49.8. The number of methoxy groups -OCH3 is 1. The van der Waals surface area contributed by atoms with Crippen molar-refractivity contribution in [3.05, 3.63) is 35.9 Å². The van der Waals surface area contributed by atoms with E-state index in [1.807, 2.05) is 63.2 Å². The van der Waals surface area contributed by atoms with Crippen LogP contribution in [0.3, 0.4) is 0 Å². The Balaban J connectivity index is 1.81. The van der Waals surface area contributed by atoms with Crippen LogP contribution >= 0.6 is 0 Å². The van der Waals surface area contributed by atoms with E-state index in [0.717, 1.165) is 5.56 Å². The first kappa shape index (κ1) is 51.2. The van der Waals surface area contributed by atoms with Gasteiger partial charge < -0.3 is 68.5 Å². The second kappa shape index (κ2) is 21.5. The molecule has 1 unspecified atom stereocenters. The van der Waals surface area contributed by atoms with E-state index in [1.54, 1.807) is 48.5 Å². The molecule has 0 aromatic heterocycles. The maximum atomic E-state index is 14.4. The number of aliphatic hydroxyl groups is 4. The number of ether oxygens (including phenoxy) is 8. The molecule has 3 heterocycles. The molecule has 3 fully saturated rings. The molecule has 3 aliphatic heterocycles. The Kier molecular flexibility index (Phi) is 18.0. The largest absolute Gasteiger partial charge is 0.509 e. The van der Waals surface area contributed by atoms with Crippen molar-refractivity contribution in [2.24, 2.45) is 17.8 Å². The van der Waals surface area contributed by atoms with Gasteiger partial charge in [-0.15, -0.1) is 0 Å². The molecule has 350 valence electrons. The third-order valence-corrected chi connectivity index (χ3v) is 13.1. The smallest absolute Gasteiger partial charge is 0.459 e. The van der Waals surface area contributed by atoms with Crippen molar-refractivity contribution >= 4 is 12.1 Å². The molecule has 18 atom stereocenters. The summed E-state index contributed by atoms with van der Waals surface area (Å²) in [5.41, 5.74) is -3.78. The lowest BCUT2D eigenvalue weighted by atomic mass is 9.77. The van der Waals surface area contributed by atoms with Crippen LogP contribution in [0.4, 0.5) is 4.79 Å². The van der Waals surface area contributed by atoms with Gasteiger partial charge in [-0.3, -0.25) is 4.79 Å². The molecule has 0 bridgehead atoms. The molecular formula is C45H76N2O14. The zero-order valence-corrected chi connectivity index (χ0v) is 38.6. The first-order valence-electron chi connectivity index (χ1n) is 21.9. The number of hydrogen-bond donors (Lipinski definition) is 5. The van der Waals surface area contributed by atoms with E-state index in [-0.39, 0.29) is 43.9 Å². The van der Waals surface area contributed by atoms with Crippen molar-refractivity contribution in [1.82, 2.24) is 10.2 Å². The maximum Gasteiger partial charge on any atom is 0.509 e. The lowest BCUT2D eigenvalue weighted by Crippen LogP contribution is -2.61. The molecule has 1 aromatic carbocycles. The molecule has 0 aliphatic carbocycles. The lowest BCUT2D eigenvalue weighted by Gasteiger charge is -2.49. The molecule has 1 aromatic rings. The van der Waals surface area contributed by atoms with E-state index in [2.05, 4.69) is 5.32 Å². The van der Waals surface area contributed by atoms with Gasteiger partial charge in [0.25, 0.3) is 0 Å². The van der Waals surface area contributed by atoms with Crippen molar-refractivity contribution in [2.75, 3.05) is 27.7 Å². The normalized spacial score (nSPS) is 43.4. The lowest BCUT2D eigenvalue weighted by molar-refractivity contribution is -0.318. The molecule has 3 saturated heterocycles. The van der Waals surface area contributed by atoms with Crippen LogP contribution in [-0.2, 0) is 49.3 Å². The van der Waals surface area contributed by atoms with E-state index >= 15 is 0 Å². The Morgan fingerprint density at radius 2 is 1.59 bits per heavy atom. The SMILES string of the molecule is CC[C@H]1OC(=O)[C@H](C)[C@@H](O[C@H]2C[C@@](C)(OC)[C@@H](O)[C@H](C)O2)[C@H](C)[C@@H](OC2O[C@H](C)C[C@H](N(C)C)[C@H]2OC(=O)OCc2ccccc2)[C@@](C)(O)C[C@@H](C)CN[C@H](C)[C@@H](O)[C@]1(C)O. The summed E-state index contributed by atoms with van der Waals surface area (Å²) in [5.74, 6) is -2.86. The van der Waals surface area contributed by atoms with Crippen LogP contribution < -0.4 is 5.32 Å². The van der Waals surface area contributed by atoms with Gasteiger partial charge in [-0.2, -0.15) is 0 Å². The minimum Gasteiger partial charge on any atom is -0.459 e. The summed E-state index contributed by atoms with van der Waals surface area (Å²) >= 11 is 0. The molecular weight excluding hydrogens is 792 g/mol. The number of carbonyl (C=O) groups excluding carboxylic acids is 2. The highest BCUT2D eigenvalue weighted by atomic mass is 16.8. The first-order chi connectivity index (χ1) is 28.4. The molecule has 0 saturated carbocycles. The van der Waals surface area contributed by atoms with Gasteiger partial charge in [-0.1, -0.05) is 51.1 Å². The van der Waals surface area contributed by atoms with Crippen molar-refractivity contribution in [2.45, 2.75) is 192 Å². The number of likely N-dealkylation sites (N-methyl/N-ethyl adjacent to an activating group) is 1. The maximum absolute atomic E-state index is 14.4. The van der Waals surface area contributed by atoms with E-state index in [4.69, 9.17) is 37.9 Å². The van der Waals surface area contributed by atoms with Crippen LogP contribution in [0.5, 0.6) is 0 Å². The molecule has 16 nitrogen and oxygen atoms in total. The van der Waals surface area contributed by atoms with Crippen molar-refractivity contribution in [3.8, 4) is 0 Å². The first-order valence-corrected chi connectivity index (χ1v) is 21.9. The average Bonchev–Trinajstić information content (AvgIpc) is 3.20. The van der Waals surface area contributed by atoms with Gasteiger partial charge in [0, 0.05) is 25.5 Å². The second-order valence-electron chi connectivity index (χ2n) is 18.8. The fourth-order valence-electron chi connectivity index (χ4n) is 9.33. The van der Waals surface area contributed by atoms with Gasteiger partial charge in [0.2, 0.25) is 0 Å². The highest BCUT2D eigenvalue weighted by Crippen LogP contribution is 2.40. The summed E-state index contributed by atoms with van der Waals surface area (Å²) in [7, 11) is 5.24. The third kappa shape index (κ3) is 12.6. The van der Waals surface area contributed by atoms with Crippen LogP contribution in [0.1, 0.15) is 100 Å². The summed E-state index contributed by atoms with van der Waals surface area (Å²) in [6.07, 6.45) is -9.94. The summed E-state index contributed by atoms with van der Waals surface area (Å²) in [6.45, 7) is 17.6. The Hall–Kier alpha value is -2.48. The predicted molar refractivity (Wildman–Crippen MR) is 225 cm³/mol. The highest BCUT2D eigenvalue weighted by Gasteiger charge is 2.53. The van der Waals surface area contributed by atoms with Crippen LogP contribution in [0, 0.1) is 17.8 Å². The number of carbonyl (C=O) groups is 2. The fourth-order valence-corrected chi connectivity index (χ4v) is 9.33. The number of aliphatic hydroxyl groups excluding tert-OH is 2. The molecule has 16 heteroatoms. The van der Waals surface area contributed by atoms with E-state index in [1.165, 1.54) is 14.0 Å². The van der Waals surface area contributed by atoms with Gasteiger partial charge in [-0.25, -0.2) is 4.79 Å². The predicted octanol–water partition coefficient (Wildman–Crippen LogP) is 3.92. The number of nitrogens with zero attached hydrogens (tertiary/aromatic N) is 1. The number of rotatable bonds is 10. The van der Waals surface area contributed by atoms with Gasteiger partial charge in [-0.05, 0) is 99.9 Å². The molecule has 5 N–H and O–H groups in total. The zero-order valence-electron chi connectivity index (χ0n) is 38.6. The van der Waals surface area contributed by atoms with Crippen molar-refractivity contribution in [3.63, 3.8) is 0 Å². The summed E-state index contributed by atoms with van der Waals surface area (Å²) in [6, 6.07) is 8.22. The highest BCUT2D eigenvalue weighted by molar-refractivity contribution is 5.73. The third-order valence-electron chi connectivity index (χ3n) is 13.1. The van der Waals surface area contributed by atoms with Crippen molar-refractivity contribution < 1.29 is 67.9 Å². The van der Waals surface area contributed by atoms with Crippen LogP contribution in [0.25, 0.3) is 0 Å². The van der Waals surface area contributed by atoms with Crippen LogP contribution in [0.2, 0.25) is 0 Å². The van der Waals surface area contributed by atoms with Crippen LogP contribution in [0.15, 0.2) is 30.3 Å². The van der Waals surface area contributed by atoms with E-state index in [9.17, 15) is 30.0 Å². The average molecular weight is 869 g/mol. The topological polar surface area (TPSA) is 204 Å². The second-order valence-corrected chi connectivity index (χ2v) is 18.8. The fraction of sp³-hybridized carbons (Fsp3) is 0.822. The molecule has 0 spiro atoms. The zero-order chi connectivity index (χ0) is 45.6. The molecule has 4 rings (SSSR count). The number of hydrogen-bond acceptors (Lipinski definition) is 16. The van der Waals surface area contributed by atoms with Gasteiger partial charge in [0.15, 0.2) is 18.7 Å². The van der Waals surface area contributed by atoms with E-state index < -0.39 is 102 Å². The number of esters is 1. The van der Waals surface area contributed by atoms with Crippen LogP contribution in [-0.4, -0.2) is 155 Å². The minimum atomic E-state index is -1.84. The monoisotopic (exact) mass is 869 g/mol. The van der Waals surface area contributed by atoms with Gasteiger partial charge in [0.1, 0.15) is 30.5 Å². The minimum absolute atomic E-state index is 0.0138. The quantitative estimate of drug-likeness (QED) is 0.212. The van der Waals surface area contributed by atoms with Gasteiger partial charge >= 0.3 is 12.1 Å². The van der Waals surface area contributed by atoms with Crippen molar-refractivity contribution in [1.29, 1.82) is 0 Å². The van der Waals surface area contributed by atoms with Gasteiger partial charge in [0.05, 0.1) is 47.6 Å². The number of nitrogens with one attached hydrogen (secondary N) is 1. The number of cyclic esters (lactones) is 1. The Labute approximate surface area is 362 Å². The standard InChI is InChI=1S/C45H76N2O14/c1-14-33-45(10,53)37(48)29(6)46-23-25(2)21-43(8,52)39(27(4)35(28(5)40(50)58-33)59-34-22-44(9,54-13)38(49)30(7)57-34)61-41-36(32(47(11)12)20-26(3)56-41)60-42(51)55-24-31-18-16-15-17-19-31/h15-19,25-30,32-39,41,46,48-49,52-53H,14,20-24H2,1-13H3/t25-,26-,27+,28-,29-,30+,32+,33-,34+,35+,36-,37-,38+,39-,41?,43+,44-,45-/m1/s1. The molecule has 3 aliphatic rings. The Morgan fingerprint density at radius 3 is 2.20 bits per heavy atom. The van der Waals surface area contributed by atoms with E-state index in [0.29, 0.717) is 13.0 Å². The Bertz CT molecular complexity index is 1530. The molecule has 0 radical (unpaired) electrons. The number of benzene rings is 1. The summed E-state index contributed by atoms with van der Waals surface area (Å²) in [5, 5.41) is 50.2. The Morgan fingerprint density at radius 1 is 0.934 bits per heavy atom. The molecule has 0 amide bonds. The summed E-state index contributed by atoms with van der Waals surface area (Å²) in [4.78, 5) is 29.7.